The van der Waals surface area contributed by atoms with Gasteiger partial charge in [0.15, 0.2) is 0 Å². The Balaban J connectivity index is 2.78. The third kappa shape index (κ3) is 2.70. The fraction of sp³-hybridized carbons (Fsp3) is 0.400. The number of hydrogen-bond acceptors (Lipinski definition) is 3. The van der Waals surface area contributed by atoms with Crippen LogP contribution in [0.25, 0.3) is 0 Å². The Hall–Kier alpha value is -1.09. The van der Waals surface area contributed by atoms with Crippen LogP contribution in [0.1, 0.15) is 25.3 Å². The zero-order valence-electron chi connectivity index (χ0n) is 8.16. The first-order valence-corrected chi connectivity index (χ1v) is 4.81. The van der Waals surface area contributed by atoms with E-state index in [0.717, 1.165) is 5.56 Å². The second-order valence-corrected chi connectivity index (χ2v) is 3.27. The molecule has 0 radical (unpaired) electrons. The van der Waals surface area contributed by atoms with E-state index < -0.39 is 0 Å². The number of halogens is 1. The van der Waals surface area contributed by atoms with Crippen molar-refractivity contribution >= 4 is 17.6 Å². The summed E-state index contributed by atoms with van der Waals surface area (Å²) in [5.41, 5.74) is 0.823. The molecule has 76 valence electrons. The SMILES string of the molecule is CCOC(=O)[C@@H](C)c1ccnc(Cl)c1. The summed E-state index contributed by atoms with van der Waals surface area (Å²) in [6, 6.07) is 3.43. The lowest BCUT2D eigenvalue weighted by Gasteiger charge is -2.10. The molecule has 0 aliphatic rings. The molecular formula is C10H12ClNO2. The van der Waals surface area contributed by atoms with E-state index in [-0.39, 0.29) is 11.9 Å². The molecule has 0 aromatic carbocycles. The van der Waals surface area contributed by atoms with Crippen LogP contribution >= 0.6 is 11.6 Å². The van der Waals surface area contributed by atoms with Crippen LogP contribution in [0.15, 0.2) is 18.3 Å². The molecule has 14 heavy (non-hydrogen) atoms. The Kier molecular flexibility index (Phi) is 3.89. The molecule has 1 atom stereocenters. The average Bonchev–Trinajstić information content (AvgIpc) is 2.17. The van der Waals surface area contributed by atoms with Crippen LogP contribution in [0.5, 0.6) is 0 Å². The number of rotatable bonds is 3. The minimum Gasteiger partial charge on any atom is -0.466 e. The number of hydrogen-bond donors (Lipinski definition) is 0. The monoisotopic (exact) mass is 213 g/mol. The predicted octanol–water partition coefficient (Wildman–Crippen LogP) is 2.40. The summed E-state index contributed by atoms with van der Waals surface area (Å²) in [6.45, 7) is 3.95. The second kappa shape index (κ2) is 4.96. The normalized spacial score (nSPS) is 12.2. The smallest absolute Gasteiger partial charge is 0.313 e. The van der Waals surface area contributed by atoms with E-state index in [9.17, 15) is 4.79 Å². The van der Waals surface area contributed by atoms with Gasteiger partial charge in [-0.2, -0.15) is 0 Å². The molecule has 0 saturated carbocycles. The van der Waals surface area contributed by atoms with E-state index >= 15 is 0 Å². The maximum absolute atomic E-state index is 11.4. The topological polar surface area (TPSA) is 39.2 Å². The Morgan fingerprint density at radius 3 is 3.00 bits per heavy atom. The lowest BCUT2D eigenvalue weighted by molar-refractivity contribution is -0.144. The minimum absolute atomic E-state index is 0.241. The number of pyridine rings is 1. The number of carbonyl (C=O) groups excluding carboxylic acids is 1. The molecule has 0 spiro atoms. The van der Waals surface area contributed by atoms with E-state index in [0.29, 0.717) is 11.8 Å². The van der Waals surface area contributed by atoms with Gasteiger partial charge in [0, 0.05) is 6.20 Å². The van der Waals surface area contributed by atoms with Gasteiger partial charge < -0.3 is 4.74 Å². The van der Waals surface area contributed by atoms with Crippen molar-refractivity contribution in [1.29, 1.82) is 0 Å². The number of ether oxygens (including phenoxy) is 1. The van der Waals surface area contributed by atoms with Crippen molar-refractivity contribution in [3.8, 4) is 0 Å². The van der Waals surface area contributed by atoms with Crippen LogP contribution in [0.2, 0.25) is 5.15 Å². The molecule has 0 amide bonds. The Labute approximate surface area is 88.1 Å². The summed E-state index contributed by atoms with van der Waals surface area (Å²) in [6.07, 6.45) is 1.58. The quantitative estimate of drug-likeness (QED) is 0.572. The average molecular weight is 214 g/mol. The number of nitrogens with zero attached hydrogens (tertiary/aromatic N) is 1. The van der Waals surface area contributed by atoms with E-state index in [2.05, 4.69) is 4.98 Å². The van der Waals surface area contributed by atoms with Crippen molar-refractivity contribution in [3.63, 3.8) is 0 Å². The second-order valence-electron chi connectivity index (χ2n) is 2.89. The first-order valence-electron chi connectivity index (χ1n) is 4.43. The standard InChI is InChI=1S/C10H12ClNO2/c1-3-14-10(13)7(2)8-4-5-12-9(11)6-8/h4-7H,3H2,1-2H3/t7-/m0/s1. The molecule has 4 heteroatoms. The number of esters is 1. The first-order chi connectivity index (χ1) is 6.65. The van der Waals surface area contributed by atoms with Gasteiger partial charge in [0.1, 0.15) is 5.15 Å². The summed E-state index contributed by atoms with van der Waals surface area (Å²) < 4.78 is 4.90. The van der Waals surface area contributed by atoms with Crippen LogP contribution in [0, 0.1) is 0 Å². The predicted molar refractivity (Wildman–Crippen MR) is 54.3 cm³/mol. The third-order valence-electron chi connectivity index (χ3n) is 1.89. The molecule has 1 aromatic rings. The van der Waals surface area contributed by atoms with Crippen LogP contribution in [0.3, 0.4) is 0 Å². The van der Waals surface area contributed by atoms with E-state index in [1.165, 1.54) is 0 Å². The maximum Gasteiger partial charge on any atom is 0.313 e. The van der Waals surface area contributed by atoms with Crippen molar-refractivity contribution < 1.29 is 9.53 Å². The fourth-order valence-corrected chi connectivity index (χ4v) is 1.27. The van der Waals surface area contributed by atoms with Crippen molar-refractivity contribution in [2.75, 3.05) is 6.61 Å². The molecule has 0 fully saturated rings. The number of aromatic nitrogens is 1. The zero-order valence-corrected chi connectivity index (χ0v) is 8.91. The first kappa shape index (κ1) is 11.0. The van der Waals surface area contributed by atoms with Gasteiger partial charge in [0.2, 0.25) is 0 Å². The third-order valence-corrected chi connectivity index (χ3v) is 2.10. The van der Waals surface area contributed by atoms with Gasteiger partial charge in [-0.1, -0.05) is 11.6 Å². The van der Waals surface area contributed by atoms with Crippen molar-refractivity contribution in [2.24, 2.45) is 0 Å². The highest BCUT2D eigenvalue weighted by atomic mass is 35.5. The Morgan fingerprint density at radius 1 is 1.71 bits per heavy atom. The van der Waals surface area contributed by atoms with E-state index in [1.807, 2.05) is 0 Å². The number of carbonyl (C=O) groups is 1. The van der Waals surface area contributed by atoms with Gasteiger partial charge in [0.25, 0.3) is 0 Å². The molecule has 0 saturated heterocycles. The highest BCUT2D eigenvalue weighted by molar-refractivity contribution is 6.29. The lowest BCUT2D eigenvalue weighted by atomic mass is 10.0. The summed E-state index contributed by atoms with van der Waals surface area (Å²) >= 11 is 5.71. The molecule has 0 bridgehead atoms. The van der Waals surface area contributed by atoms with Gasteiger partial charge in [0.05, 0.1) is 12.5 Å². The molecule has 0 aliphatic heterocycles. The molecule has 1 heterocycles. The largest absolute Gasteiger partial charge is 0.466 e. The summed E-state index contributed by atoms with van der Waals surface area (Å²) in [4.78, 5) is 15.2. The zero-order chi connectivity index (χ0) is 10.6. The van der Waals surface area contributed by atoms with Crippen molar-refractivity contribution in [2.45, 2.75) is 19.8 Å². The van der Waals surface area contributed by atoms with E-state index in [1.54, 1.807) is 32.2 Å². The highest BCUT2D eigenvalue weighted by Gasteiger charge is 2.16. The lowest BCUT2D eigenvalue weighted by Crippen LogP contribution is -2.12. The molecule has 0 unspecified atom stereocenters. The molecule has 1 rings (SSSR count). The van der Waals surface area contributed by atoms with E-state index in [4.69, 9.17) is 16.3 Å². The van der Waals surface area contributed by atoms with Gasteiger partial charge >= 0.3 is 5.97 Å². The van der Waals surface area contributed by atoms with Crippen LogP contribution in [-0.2, 0) is 9.53 Å². The molecule has 0 aliphatic carbocycles. The minimum atomic E-state index is -0.296. The molecular weight excluding hydrogens is 202 g/mol. The maximum atomic E-state index is 11.4. The van der Waals surface area contributed by atoms with Crippen LogP contribution in [0.4, 0.5) is 0 Å². The van der Waals surface area contributed by atoms with Gasteiger partial charge in [-0.3, -0.25) is 4.79 Å². The summed E-state index contributed by atoms with van der Waals surface area (Å²) in [7, 11) is 0. The molecule has 3 nitrogen and oxygen atoms in total. The van der Waals surface area contributed by atoms with Gasteiger partial charge in [-0.15, -0.1) is 0 Å². The van der Waals surface area contributed by atoms with Crippen LogP contribution < -0.4 is 0 Å². The Bertz CT molecular complexity index is 328. The van der Waals surface area contributed by atoms with Crippen molar-refractivity contribution in [1.82, 2.24) is 4.98 Å². The van der Waals surface area contributed by atoms with Crippen molar-refractivity contribution in [3.05, 3.63) is 29.0 Å². The van der Waals surface area contributed by atoms with Gasteiger partial charge in [-0.25, -0.2) is 4.98 Å². The Morgan fingerprint density at radius 2 is 2.43 bits per heavy atom. The molecule has 1 aromatic heterocycles. The summed E-state index contributed by atoms with van der Waals surface area (Å²) in [5.74, 6) is -0.537. The highest BCUT2D eigenvalue weighted by Crippen LogP contribution is 2.18. The summed E-state index contributed by atoms with van der Waals surface area (Å²) in [5, 5.41) is 0.388. The van der Waals surface area contributed by atoms with Gasteiger partial charge in [-0.05, 0) is 31.5 Å². The fourth-order valence-electron chi connectivity index (χ4n) is 1.09. The van der Waals surface area contributed by atoms with Crippen LogP contribution in [-0.4, -0.2) is 17.6 Å². The molecule has 0 N–H and O–H groups in total.